The fourth-order valence-corrected chi connectivity index (χ4v) is 2.37. The third-order valence-corrected chi connectivity index (χ3v) is 3.57. The molecule has 0 spiro atoms. The maximum atomic E-state index is 12.7. The Morgan fingerprint density at radius 3 is 2.71 bits per heavy atom. The average molecular weight is 338 g/mol. The first-order valence-corrected chi connectivity index (χ1v) is 6.98. The highest BCUT2D eigenvalue weighted by molar-refractivity contribution is 5.96. The normalized spacial score (nSPS) is 11.9. The highest BCUT2D eigenvalue weighted by atomic mass is 19.4. The Balaban J connectivity index is 1.80. The highest BCUT2D eigenvalue weighted by Gasteiger charge is 2.31. The number of rotatable bonds is 3. The molecule has 0 atom stereocenters. The summed E-state index contributed by atoms with van der Waals surface area (Å²) in [7, 11) is 0. The van der Waals surface area contributed by atoms with Crippen molar-refractivity contribution in [1.82, 2.24) is 30.1 Å². The van der Waals surface area contributed by atoms with Crippen LogP contribution < -0.4 is 5.32 Å². The number of H-pyrrole nitrogens is 1. The van der Waals surface area contributed by atoms with Crippen molar-refractivity contribution in [2.75, 3.05) is 0 Å². The summed E-state index contributed by atoms with van der Waals surface area (Å²) >= 11 is 0. The van der Waals surface area contributed by atoms with Crippen LogP contribution in [0.2, 0.25) is 0 Å². The van der Waals surface area contributed by atoms with Gasteiger partial charge < -0.3 is 5.32 Å². The Kier molecular flexibility index (Phi) is 3.74. The number of amides is 1. The maximum Gasteiger partial charge on any atom is 0.416 e. The van der Waals surface area contributed by atoms with Gasteiger partial charge in [0.1, 0.15) is 0 Å². The molecule has 10 heteroatoms. The number of hydrogen-bond acceptors (Lipinski definition) is 4. The first kappa shape index (κ1) is 16.0. The lowest BCUT2D eigenvalue weighted by atomic mass is 10.2. The van der Waals surface area contributed by atoms with E-state index in [-0.39, 0.29) is 18.1 Å². The Morgan fingerprint density at radius 2 is 2.08 bits per heavy atom. The van der Waals surface area contributed by atoms with E-state index in [4.69, 9.17) is 0 Å². The van der Waals surface area contributed by atoms with Crippen LogP contribution in [0.5, 0.6) is 0 Å². The van der Waals surface area contributed by atoms with Crippen LogP contribution in [0.15, 0.2) is 18.3 Å². The van der Waals surface area contributed by atoms with E-state index in [0.717, 1.165) is 12.1 Å². The van der Waals surface area contributed by atoms with Gasteiger partial charge in [0, 0.05) is 11.9 Å². The van der Waals surface area contributed by atoms with Crippen molar-refractivity contribution in [2.45, 2.75) is 26.6 Å². The number of alkyl halides is 3. The standard InChI is InChI=1S/C14H13F3N6O/c1-7-12(8(2)20-19-7)13(24)18-6-11-22-21-10-5-9(14(15,16)17)3-4-23(10)11/h3-5H,6H2,1-2H3,(H,18,24)(H,19,20). The number of hydrogen-bond donors (Lipinski definition) is 2. The molecule has 3 aromatic rings. The van der Waals surface area contributed by atoms with E-state index >= 15 is 0 Å². The third kappa shape index (κ3) is 2.82. The number of halogens is 3. The molecule has 0 radical (unpaired) electrons. The minimum atomic E-state index is -4.45. The van der Waals surface area contributed by atoms with Crippen molar-refractivity contribution in [3.05, 3.63) is 46.7 Å². The zero-order chi connectivity index (χ0) is 17.5. The average Bonchev–Trinajstić information content (AvgIpc) is 3.07. The monoisotopic (exact) mass is 338 g/mol. The molecule has 0 fully saturated rings. The van der Waals surface area contributed by atoms with E-state index < -0.39 is 11.7 Å². The number of pyridine rings is 1. The summed E-state index contributed by atoms with van der Waals surface area (Å²) in [6.45, 7) is 3.44. The van der Waals surface area contributed by atoms with Gasteiger partial charge in [0.05, 0.1) is 23.4 Å². The first-order chi connectivity index (χ1) is 11.3. The lowest BCUT2D eigenvalue weighted by Crippen LogP contribution is -2.25. The quantitative estimate of drug-likeness (QED) is 0.765. The summed E-state index contributed by atoms with van der Waals surface area (Å²) in [5.74, 6) is -0.0201. The van der Waals surface area contributed by atoms with Gasteiger partial charge in [-0.1, -0.05) is 0 Å². The summed E-state index contributed by atoms with van der Waals surface area (Å²) in [5.41, 5.74) is 0.882. The SMILES string of the molecule is Cc1n[nH]c(C)c1C(=O)NCc1nnc2cc(C(F)(F)F)ccn12. The van der Waals surface area contributed by atoms with E-state index in [1.54, 1.807) is 13.8 Å². The molecule has 0 aliphatic heterocycles. The molecule has 3 aromatic heterocycles. The molecule has 0 saturated heterocycles. The minimum Gasteiger partial charge on any atom is -0.345 e. The lowest BCUT2D eigenvalue weighted by molar-refractivity contribution is -0.137. The van der Waals surface area contributed by atoms with Crippen LogP contribution in [0.25, 0.3) is 5.65 Å². The zero-order valence-electron chi connectivity index (χ0n) is 12.8. The van der Waals surface area contributed by atoms with Gasteiger partial charge in [0.25, 0.3) is 5.91 Å². The Bertz CT molecular complexity index is 892. The molecule has 1 amide bonds. The predicted octanol–water partition coefficient (Wildman–Crippen LogP) is 2.02. The van der Waals surface area contributed by atoms with Gasteiger partial charge in [0.15, 0.2) is 11.5 Å². The number of fused-ring (bicyclic) bond motifs is 1. The predicted molar refractivity (Wildman–Crippen MR) is 77.2 cm³/mol. The largest absolute Gasteiger partial charge is 0.416 e. The van der Waals surface area contributed by atoms with Crippen LogP contribution in [0.1, 0.15) is 33.1 Å². The van der Waals surface area contributed by atoms with Crippen LogP contribution in [0.4, 0.5) is 13.2 Å². The summed E-state index contributed by atoms with van der Waals surface area (Å²) in [6, 6.07) is 1.84. The second kappa shape index (κ2) is 5.62. The molecule has 24 heavy (non-hydrogen) atoms. The van der Waals surface area contributed by atoms with E-state index in [1.165, 1.54) is 10.6 Å². The molecule has 3 rings (SSSR count). The molecule has 126 valence electrons. The van der Waals surface area contributed by atoms with Gasteiger partial charge in [-0.05, 0) is 26.0 Å². The summed E-state index contributed by atoms with van der Waals surface area (Å²) in [6.07, 6.45) is -3.22. The van der Waals surface area contributed by atoms with Crippen LogP contribution in [0, 0.1) is 13.8 Å². The molecule has 2 N–H and O–H groups in total. The van der Waals surface area contributed by atoms with Crippen molar-refractivity contribution in [3.63, 3.8) is 0 Å². The molecule has 0 saturated carbocycles. The minimum absolute atomic E-state index is 0.0232. The maximum absolute atomic E-state index is 12.7. The van der Waals surface area contributed by atoms with Crippen LogP contribution in [0.3, 0.4) is 0 Å². The van der Waals surface area contributed by atoms with Crippen molar-refractivity contribution < 1.29 is 18.0 Å². The van der Waals surface area contributed by atoms with Gasteiger partial charge in [-0.15, -0.1) is 10.2 Å². The lowest BCUT2D eigenvalue weighted by Gasteiger charge is -2.07. The Morgan fingerprint density at radius 1 is 1.33 bits per heavy atom. The van der Waals surface area contributed by atoms with E-state index in [0.29, 0.717) is 22.8 Å². The van der Waals surface area contributed by atoms with Crippen molar-refractivity contribution >= 4 is 11.6 Å². The van der Waals surface area contributed by atoms with Gasteiger partial charge in [-0.2, -0.15) is 18.3 Å². The number of aryl methyl sites for hydroxylation is 2. The smallest absolute Gasteiger partial charge is 0.345 e. The zero-order valence-corrected chi connectivity index (χ0v) is 12.8. The van der Waals surface area contributed by atoms with E-state index in [9.17, 15) is 18.0 Å². The van der Waals surface area contributed by atoms with Gasteiger partial charge in [-0.3, -0.25) is 14.3 Å². The number of nitrogens with one attached hydrogen (secondary N) is 2. The number of carbonyl (C=O) groups is 1. The Labute approximate surface area is 133 Å². The van der Waals surface area contributed by atoms with E-state index in [1.807, 2.05) is 0 Å². The molecular weight excluding hydrogens is 325 g/mol. The Hall–Kier alpha value is -2.91. The molecule has 0 bridgehead atoms. The van der Waals surface area contributed by atoms with E-state index in [2.05, 4.69) is 25.7 Å². The van der Waals surface area contributed by atoms with Crippen molar-refractivity contribution in [1.29, 1.82) is 0 Å². The number of carbonyl (C=O) groups excluding carboxylic acids is 1. The second-order valence-electron chi connectivity index (χ2n) is 5.25. The summed E-state index contributed by atoms with van der Waals surface area (Å²) in [4.78, 5) is 12.2. The van der Waals surface area contributed by atoms with Gasteiger partial charge >= 0.3 is 6.18 Å². The number of aromatic amines is 1. The summed E-state index contributed by atoms with van der Waals surface area (Å²) in [5, 5.41) is 16.8. The highest BCUT2D eigenvalue weighted by Crippen LogP contribution is 2.29. The second-order valence-corrected chi connectivity index (χ2v) is 5.25. The van der Waals surface area contributed by atoms with Crippen LogP contribution >= 0.6 is 0 Å². The third-order valence-electron chi connectivity index (χ3n) is 3.57. The molecule has 0 aliphatic rings. The fourth-order valence-electron chi connectivity index (χ4n) is 2.37. The number of nitrogens with zero attached hydrogens (tertiary/aromatic N) is 4. The topological polar surface area (TPSA) is 88.0 Å². The summed E-state index contributed by atoms with van der Waals surface area (Å²) < 4.78 is 39.5. The van der Waals surface area contributed by atoms with Crippen molar-refractivity contribution in [3.8, 4) is 0 Å². The van der Waals surface area contributed by atoms with Gasteiger partial charge in [-0.25, -0.2) is 0 Å². The molecule has 0 aliphatic carbocycles. The molecular formula is C14H13F3N6O. The fraction of sp³-hybridized carbons (Fsp3) is 0.286. The van der Waals surface area contributed by atoms with Crippen LogP contribution in [-0.2, 0) is 12.7 Å². The first-order valence-electron chi connectivity index (χ1n) is 6.98. The molecule has 7 nitrogen and oxygen atoms in total. The molecule has 0 aromatic carbocycles. The molecule has 0 unspecified atom stereocenters. The van der Waals surface area contributed by atoms with Crippen molar-refractivity contribution in [2.24, 2.45) is 0 Å². The van der Waals surface area contributed by atoms with Gasteiger partial charge in [0.2, 0.25) is 0 Å². The molecule has 3 heterocycles. The van der Waals surface area contributed by atoms with Crippen LogP contribution in [-0.4, -0.2) is 30.7 Å². The number of aromatic nitrogens is 5.